The smallest absolute Gasteiger partial charge is 0.414 e. The van der Waals surface area contributed by atoms with E-state index in [1.165, 1.54) is 13.8 Å². The van der Waals surface area contributed by atoms with Crippen molar-refractivity contribution in [1.82, 2.24) is 0 Å². The highest BCUT2D eigenvalue weighted by Crippen LogP contribution is 2.25. The first kappa shape index (κ1) is 17.2. The Balaban J connectivity index is 4.39. The van der Waals surface area contributed by atoms with E-state index in [1.54, 1.807) is 6.92 Å². The first-order valence-electron chi connectivity index (χ1n) is 5.69. The van der Waals surface area contributed by atoms with Crippen LogP contribution in [0.3, 0.4) is 0 Å². The maximum absolute atomic E-state index is 12.3. The number of nitrogens with two attached hydrogens (primary N) is 1. The summed E-state index contributed by atoms with van der Waals surface area (Å²) in [6, 6.07) is 0. The van der Waals surface area contributed by atoms with Crippen molar-refractivity contribution >= 4 is 5.97 Å². The van der Waals surface area contributed by atoms with Crippen molar-refractivity contribution in [3.63, 3.8) is 0 Å². The van der Waals surface area contributed by atoms with Gasteiger partial charge in [-0.3, -0.25) is 4.79 Å². The molecular weight excluding hydrogens is 251 g/mol. The SMILES string of the molecule is CCOC(=O)C(C)(N)CC(C)OC(C)C(F)(F)F. The van der Waals surface area contributed by atoms with Crippen LogP contribution < -0.4 is 5.73 Å². The van der Waals surface area contributed by atoms with Gasteiger partial charge in [-0.05, 0) is 27.7 Å². The molecule has 0 radical (unpaired) electrons. The largest absolute Gasteiger partial charge is 0.465 e. The Morgan fingerprint density at radius 1 is 1.33 bits per heavy atom. The van der Waals surface area contributed by atoms with E-state index in [0.717, 1.165) is 6.92 Å². The summed E-state index contributed by atoms with van der Waals surface area (Å²) in [6.45, 7) is 5.55. The summed E-state index contributed by atoms with van der Waals surface area (Å²) < 4.78 is 46.3. The van der Waals surface area contributed by atoms with E-state index in [0.29, 0.717) is 0 Å². The number of esters is 1. The highest BCUT2D eigenvalue weighted by atomic mass is 19.4. The van der Waals surface area contributed by atoms with E-state index in [-0.39, 0.29) is 13.0 Å². The molecule has 2 N–H and O–H groups in total. The van der Waals surface area contributed by atoms with Gasteiger partial charge in [0.1, 0.15) is 5.54 Å². The van der Waals surface area contributed by atoms with Gasteiger partial charge in [0.15, 0.2) is 6.10 Å². The molecule has 4 nitrogen and oxygen atoms in total. The minimum absolute atomic E-state index is 0.0494. The van der Waals surface area contributed by atoms with Gasteiger partial charge in [0.25, 0.3) is 0 Å². The minimum Gasteiger partial charge on any atom is -0.465 e. The van der Waals surface area contributed by atoms with Crippen LogP contribution in [-0.4, -0.2) is 36.5 Å². The Hall–Kier alpha value is -0.820. The van der Waals surface area contributed by atoms with Crippen molar-refractivity contribution in [3.05, 3.63) is 0 Å². The van der Waals surface area contributed by atoms with Crippen molar-refractivity contribution < 1.29 is 27.4 Å². The summed E-state index contributed by atoms with van der Waals surface area (Å²) >= 11 is 0. The van der Waals surface area contributed by atoms with Crippen LogP contribution in [0.1, 0.15) is 34.1 Å². The molecule has 0 bridgehead atoms. The molecule has 7 heteroatoms. The molecule has 0 amide bonds. The van der Waals surface area contributed by atoms with Gasteiger partial charge in [-0.25, -0.2) is 0 Å². The van der Waals surface area contributed by atoms with Crippen LogP contribution in [0.5, 0.6) is 0 Å². The minimum atomic E-state index is -4.43. The third kappa shape index (κ3) is 5.68. The molecule has 0 aliphatic carbocycles. The van der Waals surface area contributed by atoms with Crippen LogP contribution >= 0.6 is 0 Å². The monoisotopic (exact) mass is 271 g/mol. The maximum Gasteiger partial charge on any atom is 0.414 e. The number of halogens is 3. The molecule has 0 aromatic carbocycles. The Morgan fingerprint density at radius 2 is 1.83 bits per heavy atom. The normalized spacial score (nSPS) is 18.9. The number of alkyl halides is 3. The lowest BCUT2D eigenvalue weighted by atomic mass is 9.96. The molecule has 0 spiro atoms. The molecule has 0 aliphatic heterocycles. The van der Waals surface area contributed by atoms with E-state index >= 15 is 0 Å². The summed E-state index contributed by atoms with van der Waals surface area (Å²) in [5, 5.41) is 0. The number of rotatable bonds is 6. The molecule has 0 fully saturated rings. The molecule has 108 valence electrons. The second-order valence-electron chi connectivity index (χ2n) is 4.47. The number of carbonyl (C=O) groups is 1. The molecule has 0 aromatic heterocycles. The zero-order chi connectivity index (χ0) is 14.6. The predicted octanol–water partition coefficient (Wildman–Crippen LogP) is 2.01. The molecule has 0 rings (SSSR count). The van der Waals surface area contributed by atoms with Crippen molar-refractivity contribution in [2.75, 3.05) is 6.61 Å². The van der Waals surface area contributed by atoms with Crippen molar-refractivity contribution in [2.24, 2.45) is 5.73 Å². The highest BCUT2D eigenvalue weighted by Gasteiger charge is 2.39. The standard InChI is InChI=1S/C11H20F3NO3/c1-5-17-9(16)10(4,15)6-7(2)18-8(3)11(12,13)14/h7-8H,5-6,15H2,1-4H3. The quantitative estimate of drug-likeness (QED) is 0.751. The first-order chi connectivity index (χ1) is 8.00. The van der Waals surface area contributed by atoms with Gasteiger partial charge in [-0.1, -0.05) is 0 Å². The highest BCUT2D eigenvalue weighted by molar-refractivity contribution is 5.80. The second kappa shape index (κ2) is 6.38. The molecule has 3 unspecified atom stereocenters. The Bertz CT molecular complexity index is 279. The van der Waals surface area contributed by atoms with Crippen LogP contribution in [0.15, 0.2) is 0 Å². The fraction of sp³-hybridized carbons (Fsp3) is 0.909. The van der Waals surface area contributed by atoms with Gasteiger partial charge in [-0.2, -0.15) is 13.2 Å². The van der Waals surface area contributed by atoms with Crippen LogP contribution in [0.2, 0.25) is 0 Å². The van der Waals surface area contributed by atoms with Gasteiger partial charge < -0.3 is 15.2 Å². The average molecular weight is 271 g/mol. The van der Waals surface area contributed by atoms with E-state index in [1.807, 2.05) is 0 Å². The second-order valence-corrected chi connectivity index (χ2v) is 4.47. The number of carbonyl (C=O) groups excluding carboxylic acids is 1. The first-order valence-corrected chi connectivity index (χ1v) is 5.69. The topological polar surface area (TPSA) is 61.5 Å². The van der Waals surface area contributed by atoms with E-state index in [4.69, 9.17) is 15.2 Å². The van der Waals surface area contributed by atoms with Crippen LogP contribution in [-0.2, 0) is 14.3 Å². The van der Waals surface area contributed by atoms with Gasteiger partial charge in [0, 0.05) is 6.42 Å². The molecular formula is C11H20F3NO3. The average Bonchev–Trinajstić information content (AvgIpc) is 2.15. The molecule has 3 atom stereocenters. The summed E-state index contributed by atoms with van der Waals surface area (Å²) in [6.07, 6.45) is -7.18. The summed E-state index contributed by atoms with van der Waals surface area (Å²) in [7, 11) is 0. The number of hydrogen-bond acceptors (Lipinski definition) is 4. The fourth-order valence-electron chi connectivity index (χ4n) is 1.45. The zero-order valence-electron chi connectivity index (χ0n) is 11.0. The van der Waals surface area contributed by atoms with Crippen LogP contribution in [0.25, 0.3) is 0 Å². The lowest BCUT2D eigenvalue weighted by Crippen LogP contribution is -2.49. The zero-order valence-corrected chi connectivity index (χ0v) is 11.0. The number of ether oxygens (including phenoxy) is 2. The van der Waals surface area contributed by atoms with Gasteiger partial charge in [-0.15, -0.1) is 0 Å². The molecule has 0 aromatic rings. The Kier molecular flexibility index (Phi) is 6.09. The van der Waals surface area contributed by atoms with Crippen molar-refractivity contribution in [1.29, 1.82) is 0 Å². The lowest BCUT2D eigenvalue weighted by molar-refractivity contribution is -0.226. The summed E-state index contributed by atoms with van der Waals surface area (Å²) in [5.41, 5.74) is 4.34. The summed E-state index contributed by atoms with van der Waals surface area (Å²) in [5.74, 6) is -0.653. The third-order valence-electron chi connectivity index (χ3n) is 2.35. The predicted molar refractivity (Wildman–Crippen MR) is 59.9 cm³/mol. The van der Waals surface area contributed by atoms with E-state index in [2.05, 4.69) is 0 Å². The van der Waals surface area contributed by atoms with Gasteiger partial charge in [0.05, 0.1) is 12.7 Å². The fourth-order valence-corrected chi connectivity index (χ4v) is 1.45. The van der Waals surface area contributed by atoms with Gasteiger partial charge in [0.2, 0.25) is 0 Å². The maximum atomic E-state index is 12.3. The van der Waals surface area contributed by atoms with Crippen molar-refractivity contribution in [3.8, 4) is 0 Å². The van der Waals surface area contributed by atoms with E-state index in [9.17, 15) is 18.0 Å². The van der Waals surface area contributed by atoms with Crippen molar-refractivity contribution in [2.45, 2.75) is 58.0 Å². The number of hydrogen-bond donors (Lipinski definition) is 1. The molecule has 0 saturated heterocycles. The lowest BCUT2D eigenvalue weighted by Gasteiger charge is -2.28. The molecule has 0 aliphatic rings. The third-order valence-corrected chi connectivity index (χ3v) is 2.35. The van der Waals surface area contributed by atoms with Gasteiger partial charge >= 0.3 is 12.1 Å². The molecule has 18 heavy (non-hydrogen) atoms. The van der Waals surface area contributed by atoms with Crippen LogP contribution in [0.4, 0.5) is 13.2 Å². The van der Waals surface area contributed by atoms with E-state index < -0.39 is 29.9 Å². The Labute approximate surface area is 105 Å². The van der Waals surface area contributed by atoms with Crippen LogP contribution in [0, 0.1) is 0 Å². The molecule has 0 saturated carbocycles. The summed E-state index contributed by atoms with van der Waals surface area (Å²) in [4.78, 5) is 11.5. The Morgan fingerprint density at radius 3 is 2.22 bits per heavy atom. The molecule has 0 heterocycles.